The summed E-state index contributed by atoms with van der Waals surface area (Å²) in [6, 6.07) is 3.59. The molecule has 0 radical (unpaired) electrons. The van der Waals surface area contributed by atoms with E-state index in [0.29, 0.717) is 0 Å². The number of benzene rings is 1. The Bertz CT molecular complexity index is 683. The van der Waals surface area contributed by atoms with Gasteiger partial charge in [0.15, 0.2) is 0 Å². The highest BCUT2D eigenvalue weighted by Crippen LogP contribution is 2.30. The SMILES string of the molecule is CC1(NS(=O)(=O)c2ccc(C#CCO)c(F)c2)CCCC1. The van der Waals surface area contributed by atoms with Gasteiger partial charge in [-0.15, -0.1) is 0 Å². The van der Waals surface area contributed by atoms with E-state index in [-0.39, 0.29) is 17.1 Å². The van der Waals surface area contributed by atoms with E-state index in [0.717, 1.165) is 31.7 Å². The first-order chi connectivity index (χ1) is 9.86. The second-order valence-electron chi connectivity index (χ2n) is 5.47. The number of hydrogen-bond acceptors (Lipinski definition) is 3. The number of rotatable bonds is 3. The lowest BCUT2D eigenvalue weighted by atomic mass is 10.0. The van der Waals surface area contributed by atoms with Crippen molar-refractivity contribution in [3.8, 4) is 11.8 Å². The fourth-order valence-electron chi connectivity index (χ4n) is 2.54. The third-order valence-electron chi connectivity index (χ3n) is 3.64. The van der Waals surface area contributed by atoms with E-state index in [4.69, 9.17) is 5.11 Å². The highest BCUT2D eigenvalue weighted by atomic mass is 32.2. The number of halogens is 1. The molecule has 0 bridgehead atoms. The van der Waals surface area contributed by atoms with Crippen LogP contribution < -0.4 is 4.72 Å². The molecule has 0 aliphatic heterocycles. The van der Waals surface area contributed by atoms with E-state index in [2.05, 4.69) is 16.6 Å². The van der Waals surface area contributed by atoms with Crippen molar-refractivity contribution in [2.24, 2.45) is 0 Å². The van der Waals surface area contributed by atoms with Crippen LogP contribution >= 0.6 is 0 Å². The van der Waals surface area contributed by atoms with Gasteiger partial charge in [-0.05, 0) is 38.0 Å². The Balaban J connectivity index is 2.26. The van der Waals surface area contributed by atoms with Gasteiger partial charge in [0.1, 0.15) is 12.4 Å². The molecule has 0 saturated heterocycles. The van der Waals surface area contributed by atoms with Gasteiger partial charge in [-0.3, -0.25) is 0 Å². The van der Waals surface area contributed by atoms with Crippen LogP contribution in [0.5, 0.6) is 0 Å². The fourth-order valence-corrected chi connectivity index (χ4v) is 4.02. The number of sulfonamides is 1. The molecule has 0 spiro atoms. The van der Waals surface area contributed by atoms with Crippen molar-refractivity contribution < 1.29 is 17.9 Å². The van der Waals surface area contributed by atoms with E-state index >= 15 is 0 Å². The fraction of sp³-hybridized carbons (Fsp3) is 0.467. The van der Waals surface area contributed by atoms with Crippen LogP contribution in [-0.4, -0.2) is 25.7 Å². The number of aliphatic hydroxyl groups is 1. The van der Waals surface area contributed by atoms with Gasteiger partial charge in [0, 0.05) is 5.54 Å². The van der Waals surface area contributed by atoms with Gasteiger partial charge in [0.2, 0.25) is 10.0 Å². The number of nitrogens with one attached hydrogen (secondary N) is 1. The first-order valence-corrected chi connectivity index (χ1v) is 8.28. The molecule has 1 saturated carbocycles. The quantitative estimate of drug-likeness (QED) is 0.836. The molecule has 0 amide bonds. The molecule has 1 aliphatic carbocycles. The van der Waals surface area contributed by atoms with E-state index in [1.807, 2.05) is 6.92 Å². The lowest BCUT2D eigenvalue weighted by molar-refractivity contribution is 0.350. The zero-order chi connectivity index (χ0) is 15.5. The summed E-state index contributed by atoms with van der Waals surface area (Å²) in [4.78, 5) is -0.109. The molecule has 114 valence electrons. The smallest absolute Gasteiger partial charge is 0.241 e. The first-order valence-electron chi connectivity index (χ1n) is 6.80. The Morgan fingerprint density at radius 3 is 2.62 bits per heavy atom. The van der Waals surface area contributed by atoms with E-state index in [1.54, 1.807) is 0 Å². The summed E-state index contributed by atoms with van der Waals surface area (Å²) in [5.74, 6) is 4.05. The molecule has 21 heavy (non-hydrogen) atoms. The summed E-state index contributed by atoms with van der Waals surface area (Å²) in [6.07, 6.45) is 3.55. The van der Waals surface area contributed by atoms with Gasteiger partial charge in [-0.25, -0.2) is 17.5 Å². The molecule has 0 aromatic heterocycles. The van der Waals surface area contributed by atoms with Crippen molar-refractivity contribution in [1.29, 1.82) is 0 Å². The number of hydrogen-bond donors (Lipinski definition) is 2. The second kappa shape index (κ2) is 6.14. The maximum Gasteiger partial charge on any atom is 0.241 e. The Labute approximate surface area is 124 Å². The van der Waals surface area contributed by atoms with Crippen LogP contribution in [0.2, 0.25) is 0 Å². The van der Waals surface area contributed by atoms with Gasteiger partial charge < -0.3 is 5.11 Å². The minimum absolute atomic E-state index is 0.0649. The van der Waals surface area contributed by atoms with Crippen LogP contribution in [0.3, 0.4) is 0 Å². The molecule has 1 aromatic carbocycles. The minimum Gasteiger partial charge on any atom is -0.384 e. The minimum atomic E-state index is -3.75. The monoisotopic (exact) mass is 311 g/mol. The standard InChI is InChI=1S/C15H18FNO3S/c1-15(8-2-3-9-15)17-21(19,20)13-7-6-12(5-4-10-18)14(16)11-13/h6-7,11,17-18H,2-3,8-10H2,1H3. The molecular weight excluding hydrogens is 293 g/mol. The van der Waals surface area contributed by atoms with Gasteiger partial charge in [0.25, 0.3) is 0 Å². The summed E-state index contributed by atoms with van der Waals surface area (Å²) in [7, 11) is -3.75. The van der Waals surface area contributed by atoms with E-state index in [1.165, 1.54) is 12.1 Å². The van der Waals surface area contributed by atoms with Crippen molar-refractivity contribution in [2.45, 2.75) is 43.0 Å². The molecule has 4 nitrogen and oxygen atoms in total. The maximum absolute atomic E-state index is 13.8. The third kappa shape index (κ3) is 3.82. The lowest BCUT2D eigenvalue weighted by Gasteiger charge is -2.24. The van der Waals surface area contributed by atoms with Crippen LogP contribution in [0.25, 0.3) is 0 Å². The average Bonchev–Trinajstić information content (AvgIpc) is 2.82. The summed E-state index contributed by atoms with van der Waals surface area (Å²) >= 11 is 0. The largest absolute Gasteiger partial charge is 0.384 e. The third-order valence-corrected chi connectivity index (χ3v) is 5.28. The van der Waals surface area contributed by atoms with Gasteiger partial charge in [0.05, 0.1) is 10.5 Å². The van der Waals surface area contributed by atoms with Crippen molar-refractivity contribution in [2.75, 3.05) is 6.61 Å². The normalized spacial score (nSPS) is 17.3. The average molecular weight is 311 g/mol. The Kier molecular flexibility index (Phi) is 4.67. The molecule has 1 aliphatic rings. The molecule has 1 aromatic rings. The zero-order valence-corrected chi connectivity index (χ0v) is 12.6. The van der Waals surface area contributed by atoms with Crippen LogP contribution in [0.4, 0.5) is 4.39 Å². The highest BCUT2D eigenvalue weighted by molar-refractivity contribution is 7.89. The first kappa shape index (κ1) is 16.0. The van der Waals surface area contributed by atoms with Crippen molar-refractivity contribution >= 4 is 10.0 Å². The van der Waals surface area contributed by atoms with Crippen molar-refractivity contribution in [1.82, 2.24) is 4.72 Å². The molecule has 2 N–H and O–H groups in total. The van der Waals surface area contributed by atoms with E-state index in [9.17, 15) is 12.8 Å². The van der Waals surface area contributed by atoms with Crippen LogP contribution in [0.1, 0.15) is 38.2 Å². The molecule has 6 heteroatoms. The zero-order valence-electron chi connectivity index (χ0n) is 11.8. The lowest BCUT2D eigenvalue weighted by Crippen LogP contribution is -2.43. The van der Waals surface area contributed by atoms with Crippen molar-refractivity contribution in [3.63, 3.8) is 0 Å². The van der Waals surface area contributed by atoms with Crippen LogP contribution in [0.15, 0.2) is 23.1 Å². The Hall–Kier alpha value is -1.42. The summed E-state index contributed by atoms with van der Waals surface area (Å²) in [5.41, 5.74) is -0.389. The predicted molar refractivity (Wildman–Crippen MR) is 77.6 cm³/mol. The molecule has 1 fully saturated rings. The summed E-state index contributed by atoms with van der Waals surface area (Å²) in [6.45, 7) is 1.49. The molecule has 2 rings (SSSR count). The Morgan fingerprint density at radius 2 is 2.05 bits per heavy atom. The van der Waals surface area contributed by atoms with Gasteiger partial charge in [-0.1, -0.05) is 24.7 Å². The summed E-state index contributed by atoms with van der Waals surface area (Å²) < 4.78 is 41.1. The highest BCUT2D eigenvalue weighted by Gasteiger charge is 2.33. The second-order valence-corrected chi connectivity index (χ2v) is 7.16. The van der Waals surface area contributed by atoms with Crippen LogP contribution in [-0.2, 0) is 10.0 Å². The Morgan fingerprint density at radius 1 is 1.38 bits per heavy atom. The van der Waals surface area contributed by atoms with Gasteiger partial charge >= 0.3 is 0 Å². The van der Waals surface area contributed by atoms with Crippen molar-refractivity contribution in [3.05, 3.63) is 29.6 Å². The topological polar surface area (TPSA) is 66.4 Å². The van der Waals surface area contributed by atoms with Gasteiger partial charge in [-0.2, -0.15) is 0 Å². The maximum atomic E-state index is 13.8. The molecule has 0 unspecified atom stereocenters. The number of aliphatic hydroxyl groups excluding tert-OH is 1. The summed E-state index contributed by atoms with van der Waals surface area (Å²) in [5, 5.41) is 8.59. The molecular formula is C15H18FNO3S. The van der Waals surface area contributed by atoms with Crippen LogP contribution in [0, 0.1) is 17.7 Å². The van der Waals surface area contributed by atoms with E-state index < -0.39 is 21.4 Å². The molecule has 0 heterocycles. The molecule has 0 atom stereocenters. The predicted octanol–water partition coefficient (Wildman–Crippen LogP) is 1.78.